The van der Waals surface area contributed by atoms with E-state index in [-0.39, 0.29) is 17.0 Å². The molecule has 0 aliphatic heterocycles. The molecule has 138 valence electrons. The van der Waals surface area contributed by atoms with E-state index in [2.05, 4.69) is 0 Å². The van der Waals surface area contributed by atoms with Gasteiger partial charge in [0, 0.05) is 19.2 Å². The highest BCUT2D eigenvalue weighted by Gasteiger charge is 2.33. The van der Waals surface area contributed by atoms with Crippen LogP contribution in [0.1, 0.15) is 11.1 Å². The van der Waals surface area contributed by atoms with E-state index in [1.165, 1.54) is 43.4 Å². The third-order valence-electron chi connectivity index (χ3n) is 3.97. The van der Waals surface area contributed by atoms with Crippen LogP contribution in [0.15, 0.2) is 53.4 Å². The molecule has 0 aliphatic rings. The molecule has 9 heteroatoms. The summed E-state index contributed by atoms with van der Waals surface area (Å²) in [5, 5.41) is 20.4. The molecule has 1 unspecified atom stereocenters. The Balaban J connectivity index is 2.34. The Morgan fingerprint density at radius 1 is 1.23 bits per heavy atom. The number of benzene rings is 2. The zero-order valence-electron chi connectivity index (χ0n) is 14.2. The van der Waals surface area contributed by atoms with Gasteiger partial charge in [-0.1, -0.05) is 29.8 Å². The van der Waals surface area contributed by atoms with Gasteiger partial charge in [0.2, 0.25) is 10.0 Å². The minimum Gasteiger partial charge on any atom is -0.480 e. The number of non-ortho nitro benzene ring substituents is 1. The fraction of sp³-hybridized carbons (Fsp3) is 0.235. The Labute approximate surface area is 150 Å². The van der Waals surface area contributed by atoms with E-state index in [9.17, 15) is 28.4 Å². The number of rotatable bonds is 7. The first-order chi connectivity index (χ1) is 12.1. The number of aryl methyl sites for hydroxylation is 1. The first-order valence-corrected chi connectivity index (χ1v) is 9.08. The summed E-state index contributed by atoms with van der Waals surface area (Å²) in [6.07, 6.45) is -0.196. The van der Waals surface area contributed by atoms with E-state index >= 15 is 0 Å². The van der Waals surface area contributed by atoms with Crippen molar-refractivity contribution in [1.82, 2.24) is 4.31 Å². The van der Waals surface area contributed by atoms with Crippen molar-refractivity contribution in [3.63, 3.8) is 0 Å². The summed E-state index contributed by atoms with van der Waals surface area (Å²) >= 11 is 0. The molecule has 0 radical (unpaired) electrons. The molecule has 0 spiro atoms. The zero-order chi connectivity index (χ0) is 19.5. The molecule has 1 atom stereocenters. The zero-order valence-corrected chi connectivity index (χ0v) is 15.0. The number of nitro benzene ring substituents is 1. The highest BCUT2D eigenvalue weighted by molar-refractivity contribution is 7.89. The lowest BCUT2D eigenvalue weighted by Crippen LogP contribution is -2.43. The molecule has 2 aromatic rings. The van der Waals surface area contributed by atoms with E-state index in [1.54, 1.807) is 12.1 Å². The summed E-state index contributed by atoms with van der Waals surface area (Å²) < 4.78 is 26.2. The number of carbonyl (C=O) groups is 1. The molecule has 0 amide bonds. The maximum absolute atomic E-state index is 12.7. The van der Waals surface area contributed by atoms with Crippen LogP contribution in [0.25, 0.3) is 0 Å². The Bertz CT molecular complexity index is 925. The van der Waals surface area contributed by atoms with E-state index in [0.717, 1.165) is 9.87 Å². The lowest BCUT2D eigenvalue weighted by atomic mass is 10.1. The Hall–Kier alpha value is -2.78. The smallest absolute Gasteiger partial charge is 0.322 e. The van der Waals surface area contributed by atoms with Gasteiger partial charge in [-0.2, -0.15) is 4.31 Å². The highest BCUT2D eigenvalue weighted by atomic mass is 32.2. The van der Waals surface area contributed by atoms with Crippen LogP contribution in [0.5, 0.6) is 0 Å². The standard InChI is InChI=1S/C17H18N2O6S/c1-12-6-8-15(9-7-12)26(24,25)18(2)16(17(20)21)11-13-4-3-5-14(10-13)19(22)23/h3-10,16H,11H2,1-2H3,(H,20,21). The average Bonchev–Trinajstić information content (AvgIpc) is 2.59. The molecule has 0 aromatic heterocycles. The van der Waals surface area contributed by atoms with Gasteiger partial charge in [0.05, 0.1) is 9.82 Å². The average molecular weight is 378 g/mol. The Morgan fingerprint density at radius 2 is 1.85 bits per heavy atom. The Kier molecular flexibility index (Phi) is 5.73. The van der Waals surface area contributed by atoms with Crippen molar-refractivity contribution in [3.8, 4) is 0 Å². The van der Waals surface area contributed by atoms with Gasteiger partial charge in [-0.25, -0.2) is 8.42 Å². The van der Waals surface area contributed by atoms with Gasteiger partial charge in [-0.05, 0) is 31.0 Å². The molecule has 26 heavy (non-hydrogen) atoms. The topological polar surface area (TPSA) is 118 Å². The van der Waals surface area contributed by atoms with E-state index < -0.39 is 27.0 Å². The lowest BCUT2D eigenvalue weighted by molar-refractivity contribution is -0.384. The van der Waals surface area contributed by atoms with Crippen molar-refractivity contribution in [1.29, 1.82) is 0 Å². The van der Waals surface area contributed by atoms with Crippen molar-refractivity contribution in [2.45, 2.75) is 24.3 Å². The first-order valence-electron chi connectivity index (χ1n) is 7.64. The third-order valence-corrected chi connectivity index (χ3v) is 5.85. The van der Waals surface area contributed by atoms with Gasteiger partial charge in [0.1, 0.15) is 6.04 Å². The monoisotopic (exact) mass is 378 g/mol. The van der Waals surface area contributed by atoms with Crippen molar-refractivity contribution in [2.75, 3.05) is 7.05 Å². The number of aliphatic carboxylic acids is 1. The van der Waals surface area contributed by atoms with Crippen molar-refractivity contribution >= 4 is 21.7 Å². The van der Waals surface area contributed by atoms with Crippen LogP contribution >= 0.6 is 0 Å². The van der Waals surface area contributed by atoms with Crippen LogP contribution in [0.3, 0.4) is 0 Å². The van der Waals surface area contributed by atoms with Crippen LogP contribution in [-0.2, 0) is 21.2 Å². The molecule has 0 saturated heterocycles. The summed E-state index contributed by atoms with van der Waals surface area (Å²) in [7, 11) is -2.84. The Morgan fingerprint density at radius 3 is 2.38 bits per heavy atom. The molecule has 1 N–H and O–H groups in total. The maximum atomic E-state index is 12.7. The third kappa shape index (κ3) is 4.24. The van der Waals surface area contributed by atoms with E-state index in [4.69, 9.17) is 0 Å². The second kappa shape index (κ2) is 7.63. The minimum atomic E-state index is -4.03. The van der Waals surface area contributed by atoms with Crippen molar-refractivity contribution < 1.29 is 23.2 Å². The normalized spacial score (nSPS) is 12.7. The van der Waals surface area contributed by atoms with Gasteiger partial charge >= 0.3 is 5.97 Å². The molecule has 0 fully saturated rings. The fourth-order valence-electron chi connectivity index (χ4n) is 2.44. The molecule has 2 aromatic carbocycles. The second-order valence-electron chi connectivity index (χ2n) is 5.82. The number of nitrogens with zero attached hydrogens (tertiary/aromatic N) is 2. The van der Waals surface area contributed by atoms with E-state index in [0.29, 0.717) is 5.56 Å². The van der Waals surface area contributed by atoms with Gasteiger partial charge < -0.3 is 5.11 Å². The molecule has 8 nitrogen and oxygen atoms in total. The van der Waals surface area contributed by atoms with Crippen LogP contribution in [0.2, 0.25) is 0 Å². The molecular formula is C17H18N2O6S. The van der Waals surface area contributed by atoms with Crippen LogP contribution < -0.4 is 0 Å². The number of hydrogen-bond acceptors (Lipinski definition) is 5. The van der Waals surface area contributed by atoms with Crippen molar-refractivity contribution in [2.24, 2.45) is 0 Å². The summed E-state index contributed by atoms with van der Waals surface area (Å²) in [4.78, 5) is 21.9. The largest absolute Gasteiger partial charge is 0.480 e. The summed E-state index contributed by atoms with van der Waals surface area (Å²) in [6, 6.07) is 10.1. The van der Waals surface area contributed by atoms with Crippen LogP contribution in [0.4, 0.5) is 5.69 Å². The number of carboxylic acid groups (broad SMARTS) is 1. The quantitative estimate of drug-likeness (QED) is 0.583. The number of carboxylic acids is 1. The SMILES string of the molecule is Cc1ccc(S(=O)(=O)N(C)C(Cc2cccc([N+](=O)[O-])c2)C(=O)O)cc1. The summed E-state index contributed by atoms with van der Waals surface area (Å²) in [6.45, 7) is 1.81. The van der Waals surface area contributed by atoms with Gasteiger partial charge in [-0.3, -0.25) is 14.9 Å². The van der Waals surface area contributed by atoms with Gasteiger partial charge in [-0.15, -0.1) is 0 Å². The number of hydrogen-bond donors (Lipinski definition) is 1. The van der Waals surface area contributed by atoms with Crippen LogP contribution in [-0.4, -0.2) is 41.8 Å². The van der Waals surface area contributed by atoms with E-state index in [1.807, 2.05) is 6.92 Å². The predicted molar refractivity (Wildman–Crippen MR) is 94.4 cm³/mol. The molecule has 2 rings (SSSR count). The van der Waals surface area contributed by atoms with Gasteiger partial charge in [0.15, 0.2) is 0 Å². The first kappa shape index (κ1) is 19.5. The summed E-state index contributed by atoms with van der Waals surface area (Å²) in [5.74, 6) is -1.34. The summed E-state index contributed by atoms with van der Waals surface area (Å²) in [5.41, 5.74) is 1.05. The molecule has 0 aliphatic carbocycles. The number of sulfonamides is 1. The van der Waals surface area contributed by atoms with Gasteiger partial charge in [0.25, 0.3) is 5.69 Å². The predicted octanol–water partition coefficient (Wildman–Crippen LogP) is 2.22. The molecular weight excluding hydrogens is 360 g/mol. The molecule has 0 heterocycles. The van der Waals surface area contributed by atoms with Crippen molar-refractivity contribution in [3.05, 3.63) is 69.8 Å². The van der Waals surface area contributed by atoms with Crippen LogP contribution in [0, 0.1) is 17.0 Å². The molecule has 0 bridgehead atoms. The lowest BCUT2D eigenvalue weighted by Gasteiger charge is -2.24. The molecule has 0 saturated carbocycles. The second-order valence-corrected chi connectivity index (χ2v) is 7.82. The number of likely N-dealkylation sites (N-methyl/N-ethyl adjacent to an activating group) is 1. The minimum absolute atomic E-state index is 0.0177. The number of nitro groups is 1. The highest BCUT2D eigenvalue weighted by Crippen LogP contribution is 2.21. The maximum Gasteiger partial charge on any atom is 0.322 e. The fourth-order valence-corrected chi connectivity index (χ4v) is 3.75.